The zero-order valence-corrected chi connectivity index (χ0v) is 11.0. The first-order valence-corrected chi connectivity index (χ1v) is 5.16. The van der Waals surface area contributed by atoms with E-state index >= 15 is 0 Å². The number of nitro benzene ring substituents is 1. The molecule has 0 heterocycles. The molecule has 0 aliphatic heterocycles. The fourth-order valence-corrected chi connectivity index (χ4v) is 1.42. The van der Waals surface area contributed by atoms with Crippen molar-refractivity contribution in [1.82, 2.24) is 0 Å². The van der Waals surface area contributed by atoms with E-state index in [0.717, 1.165) is 24.3 Å². The van der Waals surface area contributed by atoms with E-state index in [0.29, 0.717) is 0 Å². The van der Waals surface area contributed by atoms with Gasteiger partial charge in [-0.1, -0.05) is 0 Å². The minimum atomic E-state index is -4.85. The Morgan fingerprint density at radius 2 is 1.69 bits per heavy atom. The van der Waals surface area contributed by atoms with Gasteiger partial charge in [-0.15, -0.1) is 0 Å². The summed E-state index contributed by atoms with van der Waals surface area (Å²) in [4.78, 5) is 9.56. The molecule has 0 fully saturated rings. The average Bonchev–Trinajstić information content (AvgIpc) is 2.15. The first-order valence-electron chi connectivity index (χ1n) is 3.69. The van der Waals surface area contributed by atoms with E-state index in [1.54, 1.807) is 0 Å². The van der Waals surface area contributed by atoms with Crippen LogP contribution in [0.4, 0.5) is 5.69 Å². The van der Waals surface area contributed by atoms with E-state index in [-0.39, 0.29) is 40.8 Å². The van der Waals surface area contributed by atoms with Crippen molar-refractivity contribution in [2.24, 2.45) is 0 Å². The maximum Gasteiger partial charge on any atom is 1.00 e. The van der Waals surface area contributed by atoms with Crippen molar-refractivity contribution < 1.29 is 52.6 Å². The molecule has 82 valence electrons. The minimum Gasteiger partial charge on any atom is -0.746 e. The van der Waals surface area contributed by atoms with Gasteiger partial charge in [-0.25, -0.2) is 8.42 Å². The first kappa shape index (κ1) is 15.5. The summed E-state index contributed by atoms with van der Waals surface area (Å²) in [5, 5.41) is 19.3. The molecule has 16 heavy (non-hydrogen) atoms. The Morgan fingerprint density at radius 1 is 1.25 bits per heavy atom. The standard InChI is InChI=1S/C7H7NO6S.Na/c9-7(15(12,13)14)5-1-3-6(4-2-5)8(10)11;/h1-4,7,9H,(H,12,13,14);/q;+1/p-1. The van der Waals surface area contributed by atoms with Crippen molar-refractivity contribution in [1.29, 1.82) is 0 Å². The van der Waals surface area contributed by atoms with Gasteiger partial charge in [-0.2, -0.15) is 0 Å². The third-order valence-electron chi connectivity index (χ3n) is 1.66. The number of aliphatic hydroxyl groups excluding tert-OH is 1. The number of hydrogen-bond donors (Lipinski definition) is 1. The molecular formula is C7H6NNaO6S. The molecule has 7 nitrogen and oxygen atoms in total. The van der Waals surface area contributed by atoms with Crippen LogP contribution in [0.2, 0.25) is 0 Å². The van der Waals surface area contributed by atoms with Gasteiger partial charge in [0.2, 0.25) is 0 Å². The van der Waals surface area contributed by atoms with Crippen LogP contribution >= 0.6 is 0 Å². The van der Waals surface area contributed by atoms with E-state index in [1.807, 2.05) is 0 Å². The second-order valence-electron chi connectivity index (χ2n) is 2.69. The molecule has 0 spiro atoms. The van der Waals surface area contributed by atoms with Gasteiger partial charge >= 0.3 is 29.6 Å². The van der Waals surface area contributed by atoms with Gasteiger partial charge < -0.3 is 9.66 Å². The molecule has 0 aromatic heterocycles. The second-order valence-corrected chi connectivity index (χ2v) is 4.13. The molecule has 0 saturated carbocycles. The quantitative estimate of drug-likeness (QED) is 0.268. The summed E-state index contributed by atoms with van der Waals surface area (Å²) in [6.45, 7) is 0. The van der Waals surface area contributed by atoms with E-state index in [1.165, 1.54) is 0 Å². The van der Waals surface area contributed by atoms with Crippen molar-refractivity contribution in [2.75, 3.05) is 0 Å². The molecule has 1 unspecified atom stereocenters. The fraction of sp³-hybridized carbons (Fsp3) is 0.143. The normalized spacial score (nSPS) is 12.6. The van der Waals surface area contributed by atoms with Gasteiger partial charge in [0.05, 0.1) is 4.92 Å². The minimum absolute atomic E-state index is 0. The molecule has 1 N–H and O–H groups in total. The van der Waals surface area contributed by atoms with Gasteiger partial charge in [0.15, 0.2) is 5.44 Å². The Kier molecular flexibility index (Phi) is 5.53. The summed E-state index contributed by atoms with van der Waals surface area (Å²) in [7, 11) is -4.85. The maximum absolute atomic E-state index is 10.4. The van der Waals surface area contributed by atoms with Crippen LogP contribution in [-0.2, 0) is 10.1 Å². The van der Waals surface area contributed by atoms with Gasteiger partial charge in [0.1, 0.15) is 10.1 Å². The Labute approximate surface area is 113 Å². The molecule has 0 aliphatic rings. The third kappa shape index (κ3) is 3.81. The Bertz CT molecular complexity index is 470. The monoisotopic (exact) mass is 255 g/mol. The van der Waals surface area contributed by atoms with Crippen molar-refractivity contribution in [3.8, 4) is 0 Å². The Hall–Kier alpha value is -0.510. The summed E-state index contributed by atoms with van der Waals surface area (Å²) in [5.74, 6) is 0. The third-order valence-corrected chi connectivity index (χ3v) is 2.48. The van der Waals surface area contributed by atoms with Crippen LogP contribution in [-0.4, -0.2) is 23.0 Å². The Balaban J connectivity index is 0.00000225. The molecule has 0 amide bonds. The topological polar surface area (TPSA) is 121 Å². The van der Waals surface area contributed by atoms with Gasteiger partial charge in [-0.3, -0.25) is 10.1 Å². The van der Waals surface area contributed by atoms with E-state index in [9.17, 15) is 23.1 Å². The van der Waals surface area contributed by atoms with Crippen LogP contribution in [0, 0.1) is 10.1 Å². The van der Waals surface area contributed by atoms with Crippen molar-refractivity contribution in [2.45, 2.75) is 5.44 Å². The summed E-state index contributed by atoms with van der Waals surface area (Å²) in [6.07, 6.45) is 0. The smallest absolute Gasteiger partial charge is 0.746 e. The number of nitrogens with zero attached hydrogens (tertiary/aromatic N) is 1. The van der Waals surface area contributed by atoms with Gasteiger partial charge in [-0.05, 0) is 17.7 Å². The number of aliphatic hydroxyl groups is 1. The molecule has 0 radical (unpaired) electrons. The molecule has 0 saturated heterocycles. The summed E-state index contributed by atoms with van der Waals surface area (Å²) >= 11 is 0. The van der Waals surface area contributed by atoms with Gasteiger partial charge in [0.25, 0.3) is 5.69 Å². The van der Waals surface area contributed by atoms with Gasteiger partial charge in [0, 0.05) is 12.1 Å². The number of benzene rings is 1. The van der Waals surface area contributed by atoms with E-state index < -0.39 is 20.5 Å². The van der Waals surface area contributed by atoms with Crippen LogP contribution in [0.25, 0.3) is 0 Å². The van der Waals surface area contributed by atoms with Crippen molar-refractivity contribution in [3.05, 3.63) is 39.9 Å². The van der Waals surface area contributed by atoms with Crippen molar-refractivity contribution >= 4 is 15.8 Å². The second kappa shape index (κ2) is 5.71. The molecule has 1 atom stereocenters. The van der Waals surface area contributed by atoms with E-state index in [4.69, 9.17) is 5.11 Å². The van der Waals surface area contributed by atoms with Crippen LogP contribution < -0.4 is 29.6 Å². The molecule has 1 aromatic carbocycles. The number of non-ortho nitro benzene ring substituents is 1. The zero-order valence-electron chi connectivity index (χ0n) is 8.23. The molecular weight excluding hydrogens is 249 g/mol. The van der Waals surface area contributed by atoms with E-state index in [2.05, 4.69) is 0 Å². The first-order chi connectivity index (χ1) is 6.82. The predicted molar refractivity (Wildman–Crippen MR) is 47.8 cm³/mol. The number of nitro groups is 1. The predicted octanol–water partition coefficient (Wildman–Crippen LogP) is -2.87. The summed E-state index contributed by atoms with van der Waals surface area (Å²) in [5.41, 5.74) is -2.65. The molecule has 0 aliphatic carbocycles. The van der Waals surface area contributed by atoms with Crippen LogP contribution in [0.1, 0.15) is 11.0 Å². The zero-order chi connectivity index (χ0) is 11.6. The number of hydrogen-bond acceptors (Lipinski definition) is 6. The summed E-state index contributed by atoms with van der Waals surface area (Å²) < 4.78 is 31.2. The Morgan fingerprint density at radius 3 is 2.00 bits per heavy atom. The average molecular weight is 255 g/mol. The fourth-order valence-electron chi connectivity index (χ4n) is 0.927. The molecule has 0 bridgehead atoms. The van der Waals surface area contributed by atoms with Crippen molar-refractivity contribution in [3.63, 3.8) is 0 Å². The van der Waals surface area contributed by atoms with Crippen LogP contribution in [0.3, 0.4) is 0 Å². The van der Waals surface area contributed by atoms with Crippen LogP contribution in [0.5, 0.6) is 0 Å². The molecule has 1 rings (SSSR count). The molecule has 9 heteroatoms. The van der Waals surface area contributed by atoms with Crippen LogP contribution in [0.15, 0.2) is 24.3 Å². The largest absolute Gasteiger partial charge is 1.00 e. The maximum atomic E-state index is 10.4. The summed E-state index contributed by atoms with van der Waals surface area (Å²) in [6, 6.07) is 4.03. The molecule has 1 aromatic rings. The number of rotatable bonds is 3. The SMILES string of the molecule is O=[N+]([O-])c1ccc(C(O)S(=O)(=O)[O-])cc1.[Na+].